The quantitative estimate of drug-likeness (QED) is 0.629. The van der Waals surface area contributed by atoms with Crippen molar-refractivity contribution in [3.63, 3.8) is 0 Å². The first kappa shape index (κ1) is 16.5. The molecule has 0 spiro atoms. The fourth-order valence-corrected chi connectivity index (χ4v) is 1.53. The third-order valence-electron chi connectivity index (χ3n) is 2.77. The largest absolute Gasteiger partial charge is 0.406 e. The fraction of sp³-hybridized carbons (Fsp3) is 0.273. The van der Waals surface area contributed by atoms with Crippen LogP contribution in [0.15, 0.2) is 29.3 Å². The normalized spacial score (nSPS) is 12.9. The number of nitrogens with zero attached hydrogens (tertiary/aromatic N) is 3. The molecule has 9 nitrogen and oxygen atoms in total. The van der Waals surface area contributed by atoms with E-state index in [0.29, 0.717) is 0 Å². The van der Waals surface area contributed by atoms with Crippen LogP contribution in [0.25, 0.3) is 5.69 Å². The number of halogens is 3. The molecule has 0 saturated heterocycles. The third kappa shape index (κ3) is 3.66. The van der Waals surface area contributed by atoms with Crippen LogP contribution in [0.1, 0.15) is 6.92 Å². The van der Waals surface area contributed by atoms with Gasteiger partial charge in [0.2, 0.25) is 5.75 Å². The van der Waals surface area contributed by atoms with Crippen LogP contribution in [-0.4, -0.2) is 31.9 Å². The Morgan fingerprint density at radius 2 is 2.17 bits per heavy atom. The molecule has 0 saturated carbocycles. The zero-order valence-corrected chi connectivity index (χ0v) is 11.5. The number of alkyl halides is 3. The predicted molar refractivity (Wildman–Crippen MR) is 70.1 cm³/mol. The van der Waals surface area contributed by atoms with E-state index in [1.54, 1.807) is 5.48 Å². The van der Waals surface area contributed by atoms with Gasteiger partial charge in [-0.15, -0.1) is 5.48 Å². The molecule has 124 valence electrons. The number of hydrogen-bond acceptors (Lipinski definition) is 6. The molecule has 12 heteroatoms. The van der Waals surface area contributed by atoms with Crippen molar-refractivity contribution in [2.24, 2.45) is 0 Å². The third-order valence-corrected chi connectivity index (χ3v) is 2.77. The lowest BCUT2D eigenvalue weighted by atomic mass is 10.2. The molecule has 0 fully saturated rings. The Bertz CT molecular complexity index is 770. The van der Waals surface area contributed by atoms with Crippen LogP contribution in [0.2, 0.25) is 0 Å². The minimum Gasteiger partial charge on any atom is -0.401 e. The topological polar surface area (TPSA) is 115 Å². The van der Waals surface area contributed by atoms with Gasteiger partial charge in [0.1, 0.15) is 12.4 Å². The van der Waals surface area contributed by atoms with Gasteiger partial charge in [-0.25, -0.2) is 4.79 Å². The van der Waals surface area contributed by atoms with Crippen LogP contribution in [0.3, 0.4) is 0 Å². The van der Waals surface area contributed by atoms with E-state index in [1.807, 2.05) is 0 Å². The maximum atomic E-state index is 12.4. The summed E-state index contributed by atoms with van der Waals surface area (Å²) in [6.45, 7) is 0.786. The van der Waals surface area contributed by atoms with Crippen molar-refractivity contribution >= 4 is 5.69 Å². The van der Waals surface area contributed by atoms with Crippen molar-refractivity contribution in [1.82, 2.24) is 20.2 Å². The molecular weight excluding hydrogens is 323 g/mol. The molecule has 0 radical (unpaired) electrons. The van der Waals surface area contributed by atoms with E-state index >= 15 is 0 Å². The molecule has 1 aromatic carbocycles. The standard InChI is InChI=1S/C11H10F3N5O4/c1-6(11(12,13)14)17-23-9-4-7(2-3-8(9)19(21)22)18-10(20)15-5-16-18/h2-6,17H,1H3,(H,15,16,20). The highest BCUT2D eigenvalue weighted by Crippen LogP contribution is 2.29. The number of nitrogens with one attached hydrogen (secondary N) is 2. The van der Waals surface area contributed by atoms with E-state index in [9.17, 15) is 28.1 Å². The molecule has 2 rings (SSSR count). The summed E-state index contributed by atoms with van der Waals surface area (Å²) in [6, 6.07) is 1.17. The highest BCUT2D eigenvalue weighted by Gasteiger charge is 2.37. The monoisotopic (exact) mass is 333 g/mol. The summed E-state index contributed by atoms with van der Waals surface area (Å²) in [5.74, 6) is -0.488. The number of H-pyrrole nitrogens is 1. The van der Waals surface area contributed by atoms with E-state index < -0.39 is 34.3 Å². The summed E-state index contributed by atoms with van der Waals surface area (Å²) in [4.78, 5) is 28.5. The number of hydroxylamine groups is 1. The molecule has 1 atom stereocenters. The van der Waals surface area contributed by atoms with E-state index in [4.69, 9.17) is 4.84 Å². The summed E-state index contributed by atoms with van der Waals surface area (Å²) in [5.41, 5.74) is 0.564. The number of nitro benzene ring substituents is 1. The van der Waals surface area contributed by atoms with Crippen LogP contribution in [-0.2, 0) is 0 Å². The van der Waals surface area contributed by atoms with Gasteiger partial charge >= 0.3 is 17.6 Å². The van der Waals surface area contributed by atoms with Crippen molar-refractivity contribution in [3.05, 3.63) is 45.1 Å². The average molecular weight is 333 g/mol. The predicted octanol–water partition coefficient (Wildman–Crippen LogP) is 1.30. The van der Waals surface area contributed by atoms with Crippen LogP contribution < -0.4 is 16.0 Å². The lowest BCUT2D eigenvalue weighted by molar-refractivity contribution is -0.386. The first-order chi connectivity index (χ1) is 10.7. The van der Waals surface area contributed by atoms with Crippen molar-refractivity contribution in [2.45, 2.75) is 19.1 Å². The van der Waals surface area contributed by atoms with Crippen LogP contribution in [0, 0.1) is 10.1 Å². The van der Waals surface area contributed by atoms with E-state index in [2.05, 4.69) is 10.1 Å². The van der Waals surface area contributed by atoms with Gasteiger partial charge in [0, 0.05) is 12.1 Å². The summed E-state index contributed by atoms with van der Waals surface area (Å²) < 4.78 is 38.2. The molecule has 0 aliphatic rings. The Morgan fingerprint density at radius 3 is 2.70 bits per heavy atom. The van der Waals surface area contributed by atoms with E-state index in [-0.39, 0.29) is 5.69 Å². The van der Waals surface area contributed by atoms with Gasteiger partial charge in [-0.1, -0.05) is 0 Å². The number of aromatic amines is 1. The lowest BCUT2D eigenvalue weighted by Crippen LogP contribution is -2.41. The van der Waals surface area contributed by atoms with Crippen molar-refractivity contribution in [1.29, 1.82) is 0 Å². The number of nitro groups is 1. The Hall–Kier alpha value is -2.89. The Balaban J connectivity index is 2.34. The van der Waals surface area contributed by atoms with Gasteiger partial charge in [-0.3, -0.25) is 15.1 Å². The molecule has 0 aliphatic heterocycles. The smallest absolute Gasteiger partial charge is 0.401 e. The van der Waals surface area contributed by atoms with Crippen molar-refractivity contribution < 1.29 is 22.9 Å². The zero-order valence-electron chi connectivity index (χ0n) is 11.5. The molecule has 1 heterocycles. The SMILES string of the molecule is CC(NOc1cc(-n2nc[nH]c2=O)ccc1[N+](=O)[O-])C(F)(F)F. The van der Waals surface area contributed by atoms with Crippen molar-refractivity contribution in [3.8, 4) is 11.4 Å². The summed E-state index contributed by atoms with van der Waals surface area (Å²) in [6.07, 6.45) is -3.50. The zero-order chi connectivity index (χ0) is 17.2. The molecule has 2 N–H and O–H groups in total. The van der Waals surface area contributed by atoms with E-state index in [1.165, 1.54) is 6.07 Å². The first-order valence-electron chi connectivity index (χ1n) is 6.10. The molecular formula is C11H10F3N5O4. The van der Waals surface area contributed by atoms with Gasteiger partial charge in [0.25, 0.3) is 0 Å². The second kappa shape index (κ2) is 6.08. The average Bonchev–Trinajstić information content (AvgIpc) is 2.89. The number of rotatable bonds is 5. The molecule has 0 aliphatic carbocycles. The molecule has 23 heavy (non-hydrogen) atoms. The van der Waals surface area contributed by atoms with Crippen LogP contribution in [0.4, 0.5) is 18.9 Å². The van der Waals surface area contributed by atoms with Crippen LogP contribution in [0.5, 0.6) is 5.75 Å². The fourth-order valence-electron chi connectivity index (χ4n) is 1.53. The highest BCUT2D eigenvalue weighted by molar-refractivity contribution is 5.52. The minimum absolute atomic E-state index is 0.0818. The molecule has 0 amide bonds. The lowest BCUT2D eigenvalue weighted by Gasteiger charge is -2.17. The van der Waals surface area contributed by atoms with Crippen molar-refractivity contribution in [2.75, 3.05) is 0 Å². The Morgan fingerprint density at radius 1 is 1.48 bits per heavy atom. The maximum Gasteiger partial charge on any atom is 0.406 e. The van der Waals surface area contributed by atoms with E-state index in [0.717, 1.165) is 30.1 Å². The number of benzene rings is 1. The van der Waals surface area contributed by atoms with Gasteiger partial charge < -0.3 is 4.84 Å². The molecule has 1 unspecified atom stereocenters. The second-order valence-corrected chi connectivity index (χ2v) is 4.40. The van der Waals surface area contributed by atoms with Crippen LogP contribution >= 0.6 is 0 Å². The summed E-state index contributed by atoms with van der Waals surface area (Å²) in [5, 5.41) is 14.6. The highest BCUT2D eigenvalue weighted by atomic mass is 19.4. The number of aromatic nitrogens is 3. The minimum atomic E-state index is -4.59. The summed E-state index contributed by atoms with van der Waals surface area (Å²) in [7, 11) is 0. The second-order valence-electron chi connectivity index (χ2n) is 4.40. The summed E-state index contributed by atoms with van der Waals surface area (Å²) >= 11 is 0. The van der Waals surface area contributed by atoms with Gasteiger partial charge in [-0.05, 0) is 13.0 Å². The van der Waals surface area contributed by atoms with Gasteiger partial charge in [0.05, 0.1) is 10.6 Å². The van der Waals surface area contributed by atoms with Gasteiger partial charge in [0.15, 0.2) is 0 Å². The van der Waals surface area contributed by atoms with Gasteiger partial charge in [-0.2, -0.15) is 23.0 Å². The first-order valence-corrected chi connectivity index (χ1v) is 6.10. The molecule has 1 aromatic heterocycles. The number of hydrogen-bond donors (Lipinski definition) is 2. The Labute approximate surface area is 125 Å². The Kier molecular flexibility index (Phi) is 4.36. The molecule has 2 aromatic rings. The maximum absolute atomic E-state index is 12.4. The molecule has 0 bridgehead atoms.